The van der Waals surface area contributed by atoms with Crippen molar-refractivity contribution in [1.29, 1.82) is 0 Å². The number of hydrogen-bond acceptors (Lipinski definition) is 3. The van der Waals surface area contributed by atoms with E-state index in [1.54, 1.807) is 18.2 Å². The van der Waals surface area contributed by atoms with Crippen molar-refractivity contribution in [2.75, 3.05) is 0 Å². The normalized spacial score (nSPS) is 11.4. The molecule has 0 radical (unpaired) electrons. The van der Waals surface area contributed by atoms with Gasteiger partial charge in [-0.1, -0.05) is 18.2 Å². The summed E-state index contributed by atoms with van der Waals surface area (Å²) in [6.45, 7) is -2.68. The van der Waals surface area contributed by atoms with E-state index in [1.165, 1.54) is 18.2 Å². The minimum Gasteiger partial charge on any atom is -0.434 e. The second kappa shape index (κ2) is 8.09. The zero-order valence-electron chi connectivity index (χ0n) is 13.4. The molecule has 1 amide bonds. The van der Waals surface area contributed by atoms with E-state index in [-0.39, 0.29) is 18.2 Å². The number of carbonyl (C=O) groups is 1. The molecule has 8 heteroatoms. The van der Waals surface area contributed by atoms with Crippen LogP contribution in [0, 0.1) is 0 Å². The lowest BCUT2D eigenvalue weighted by Gasteiger charge is -2.07. The first kappa shape index (κ1) is 18.1. The highest BCUT2D eigenvalue weighted by atomic mass is 79.9. The van der Waals surface area contributed by atoms with E-state index in [0.717, 1.165) is 10.1 Å². The second-order valence-corrected chi connectivity index (χ2v) is 6.23. The Balaban J connectivity index is 1.62. The minimum atomic E-state index is -2.92. The van der Waals surface area contributed by atoms with E-state index in [1.807, 2.05) is 28.9 Å². The van der Waals surface area contributed by atoms with Crippen molar-refractivity contribution in [1.82, 2.24) is 14.7 Å². The van der Waals surface area contributed by atoms with Crippen molar-refractivity contribution < 1.29 is 18.3 Å². The molecular weight excluding hydrogens is 408 g/mol. The Bertz CT molecular complexity index is 957. The third-order valence-electron chi connectivity index (χ3n) is 3.46. The van der Waals surface area contributed by atoms with E-state index in [2.05, 4.69) is 31.0 Å². The molecule has 1 aromatic carbocycles. The molecule has 0 aliphatic carbocycles. The van der Waals surface area contributed by atoms with Crippen LogP contribution in [0.1, 0.15) is 11.3 Å². The van der Waals surface area contributed by atoms with Crippen LogP contribution in [0.3, 0.4) is 0 Å². The summed E-state index contributed by atoms with van der Waals surface area (Å²) >= 11 is 3.38. The number of nitrogens with one attached hydrogen (secondary N) is 1. The number of halogens is 3. The molecule has 134 valence electrons. The summed E-state index contributed by atoms with van der Waals surface area (Å²) in [4.78, 5) is 16.4. The first-order valence-corrected chi connectivity index (χ1v) is 8.43. The Morgan fingerprint density at radius 1 is 1.27 bits per heavy atom. The third-order valence-corrected chi connectivity index (χ3v) is 3.93. The number of nitrogens with zero attached hydrogens (tertiary/aromatic N) is 2. The zero-order chi connectivity index (χ0) is 18.5. The van der Waals surface area contributed by atoms with Crippen LogP contribution in [0.25, 0.3) is 11.7 Å². The lowest BCUT2D eigenvalue weighted by molar-refractivity contribution is -0.116. The molecule has 0 aliphatic heterocycles. The standard InChI is InChI=1S/C18H14BrF2N3O2/c19-13-6-7-16-23-14(11-24(16)10-13)9-22-17(25)8-5-12-3-1-2-4-15(12)26-18(20)21/h1-8,10-11,18H,9H2,(H,22,25). The van der Waals surface area contributed by atoms with Crippen molar-refractivity contribution in [2.45, 2.75) is 13.2 Å². The number of pyridine rings is 1. The Morgan fingerprint density at radius 2 is 2.08 bits per heavy atom. The molecule has 1 N–H and O–H groups in total. The fourth-order valence-electron chi connectivity index (χ4n) is 2.33. The summed E-state index contributed by atoms with van der Waals surface area (Å²) in [5, 5.41) is 2.70. The number of aromatic nitrogens is 2. The van der Waals surface area contributed by atoms with Crippen LogP contribution in [0.4, 0.5) is 8.78 Å². The first-order chi connectivity index (χ1) is 12.5. The molecule has 26 heavy (non-hydrogen) atoms. The number of ether oxygens (including phenoxy) is 1. The van der Waals surface area contributed by atoms with Gasteiger partial charge in [0.05, 0.1) is 12.2 Å². The van der Waals surface area contributed by atoms with Gasteiger partial charge in [-0.3, -0.25) is 4.79 Å². The quantitative estimate of drug-likeness (QED) is 0.611. The van der Waals surface area contributed by atoms with E-state index in [9.17, 15) is 13.6 Å². The minimum absolute atomic E-state index is 0.0116. The van der Waals surface area contributed by atoms with E-state index < -0.39 is 6.61 Å². The van der Waals surface area contributed by atoms with Crippen molar-refractivity contribution >= 4 is 33.6 Å². The maximum Gasteiger partial charge on any atom is 0.387 e. The molecule has 0 bridgehead atoms. The van der Waals surface area contributed by atoms with Crippen LogP contribution in [-0.4, -0.2) is 21.9 Å². The Kier molecular flexibility index (Phi) is 5.62. The highest BCUT2D eigenvalue weighted by Gasteiger charge is 2.08. The molecule has 5 nitrogen and oxygen atoms in total. The molecule has 0 saturated carbocycles. The summed E-state index contributed by atoms with van der Waals surface area (Å²) in [5.74, 6) is -0.354. The van der Waals surface area contributed by atoms with Crippen LogP contribution in [0.2, 0.25) is 0 Å². The van der Waals surface area contributed by atoms with Crippen LogP contribution in [0.5, 0.6) is 5.75 Å². The van der Waals surface area contributed by atoms with Gasteiger partial charge < -0.3 is 14.5 Å². The van der Waals surface area contributed by atoms with Gasteiger partial charge in [0.1, 0.15) is 11.4 Å². The van der Waals surface area contributed by atoms with Gasteiger partial charge in [-0.2, -0.15) is 8.78 Å². The molecule has 3 rings (SSSR count). The number of carbonyl (C=O) groups excluding carboxylic acids is 1. The van der Waals surface area contributed by atoms with Gasteiger partial charge in [-0.25, -0.2) is 4.98 Å². The number of rotatable bonds is 6. The Labute approximate surface area is 156 Å². The third kappa shape index (κ3) is 4.66. The van der Waals surface area contributed by atoms with E-state index in [0.29, 0.717) is 11.3 Å². The number of hydrogen-bond donors (Lipinski definition) is 1. The maximum atomic E-state index is 12.4. The highest BCUT2D eigenvalue weighted by Crippen LogP contribution is 2.21. The molecule has 2 heterocycles. The van der Waals surface area contributed by atoms with Gasteiger partial charge in [0.15, 0.2) is 0 Å². The average Bonchev–Trinajstić information content (AvgIpc) is 3.00. The fourth-order valence-corrected chi connectivity index (χ4v) is 2.68. The summed E-state index contributed by atoms with van der Waals surface area (Å²) in [6.07, 6.45) is 6.37. The second-order valence-electron chi connectivity index (χ2n) is 5.31. The SMILES string of the molecule is O=C(C=Cc1ccccc1OC(F)F)NCc1cn2cc(Br)ccc2n1. The zero-order valence-corrected chi connectivity index (χ0v) is 15.0. The molecule has 0 aliphatic rings. The number of amides is 1. The van der Waals surface area contributed by atoms with Crippen molar-refractivity contribution in [3.8, 4) is 5.75 Å². The highest BCUT2D eigenvalue weighted by molar-refractivity contribution is 9.10. The van der Waals surface area contributed by atoms with Crippen LogP contribution in [-0.2, 0) is 11.3 Å². The van der Waals surface area contributed by atoms with E-state index in [4.69, 9.17) is 0 Å². The van der Waals surface area contributed by atoms with Gasteiger partial charge in [0, 0.05) is 28.5 Å². The number of fused-ring (bicyclic) bond motifs is 1. The predicted molar refractivity (Wildman–Crippen MR) is 96.8 cm³/mol. The summed E-state index contributed by atoms with van der Waals surface area (Å²) in [7, 11) is 0. The Hall–Kier alpha value is -2.74. The monoisotopic (exact) mass is 421 g/mol. The molecule has 0 fully saturated rings. The number of benzene rings is 1. The molecule has 0 atom stereocenters. The predicted octanol–water partition coefficient (Wildman–Crippen LogP) is 4.03. The number of alkyl halides is 2. The van der Waals surface area contributed by atoms with Crippen LogP contribution in [0.15, 0.2) is 59.3 Å². The first-order valence-electron chi connectivity index (χ1n) is 7.64. The molecule has 2 aromatic heterocycles. The molecule has 0 unspecified atom stereocenters. The summed E-state index contributed by atoms with van der Waals surface area (Å²) in [5.41, 5.74) is 1.86. The van der Waals surface area contributed by atoms with Gasteiger partial charge in [-0.05, 0) is 40.2 Å². The molecule has 0 spiro atoms. The average molecular weight is 422 g/mol. The van der Waals surface area contributed by atoms with Gasteiger partial charge >= 0.3 is 6.61 Å². The molecule has 0 saturated heterocycles. The van der Waals surface area contributed by atoms with Gasteiger partial charge in [-0.15, -0.1) is 0 Å². The molecule has 3 aromatic rings. The number of para-hydroxylation sites is 1. The van der Waals surface area contributed by atoms with Crippen LogP contribution >= 0.6 is 15.9 Å². The Morgan fingerprint density at radius 3 is 2.88 bits per heavy atom. The summed E-state index contributed by atoms with van der Waals surface area (Å²) in [6, 6.07) is 9.99. The smallest absolute Gasteiger partial charge is 0.387 e. The van der Waals surface area contributed by atoms with Crippen molar-refractivity contribution in [3.05, 3.63) is 70.6 Å². The number of imidazole rings is 1. The summed E-state index contributed by atoms with van der Waals surface area (Å²) < 4.78 is 32.0. The van der Waals surface area contributed by atoms with E-state index >= 15 is 0 Å². The topological polar surface area (TPSA) is 55.6 Å². The van der Waals surface area contributed by atoms with Crippen LogP contribution < -0.4 is 10.1 Å². The van der Waals surface area contributed by atoms with Crippen molar-refractivity contribution in [3.63, 3.8) is 0 Å². The fraction of sp³-hybridized carbons (Fsp3) is 0.111. The largest absolute Gasteiger partial charge is 0.434 e. The van der Waals surface area contributed by atoms with Crippen molar-refractivity contribution in [2.24, 2.45) is 0 Å². The lowest BCUT2D eigenvalue weighted by atomic mass is 10.2. The molecular formula is C18H14BrF2N3O2. The lowest BCUT2D eigenvalue weighted by Crippen LogP contribution is -2.20. The van der Waals surface area contributed by atoms with Gasteiger partial charge in [0.25, 0.3) is 0 Å². The van der Waals surface area contributed by atoms with Gasteiger partial charge in [0.2, 0.25) is 5.91 Å². The maximum absolute atomic E-state index is 12.4.